The molecule has 0 aromatic heterocycles. The number of carbonyl (C=O) groups excluding carboxylic acids is 3. The molecule has 0 spiro atoms. The summed E-state index contributed by atoms with van der Waals surface area (Å²) in [6.07, 6.45) is -9.20. The van der Waals surface area contributed by atoms with E-state index in [1.807, 2.05) is 0 Å². The van der Waals surface area contributed by atoms with E-state index in [9.17, 15) is 45.1 Å². The maximum absolute atomic E-state index is 13.7. The first-order chi connectivity index (χ1) is 21.3. The van der Waals surface area contributed by atoms with Crippen molar-refractivity contribution in [2.24, 2.45) is 5.73 Å². The maximum atomic E-state index is 13.7. The number of ether oxygens (including phenoxy) is 1. The highest BCUT2D eigenvalue weighted by atomic mass is 19.4. The van der Waals surface area contributed by atoms with Gasteiger partial charge in [-0.05, 0) is 68.5 Å². The molecule has 0 bridgehead atoms. The third-order valence-electron chi connectivity index (χ3n) is 8.64. The Morgan fingerprint density at radius 2 is 1.48 bits per heavy atom. The minimum absolute atomic E-state index is 0.0267. The van der Waals surface area contributed by atoms with Crippen LogP contribution in [0.15, 0.2) is 42.5 Å². The number of amides is 5. The number of halogens is 7. The van der Waals surface area contributed by atoms with Crippen molar-refractivity contribution in [1.82, 2.24) is 15.1 Å². The monoisotopic (exact) mass is 661 g/mol. The SMILES string of the molecule is CN(C(=O)N(C)[C@@H]1CN(C(=O)NC2CCC(C)(OC(N)=O)CC2)C[C@H]1c1ccc(F)cc1)c1cc(C(F)(F)F)cc(C(F)(F)F)c1. The zero-order valence-corrected chi connectivity index (χ0v) is 25.2. The van der Waals surface area contributed by atoms with E-state index >= 15 is 0 Å². The van der Waals surface area contributed by atoms with Gasteiger partial charge >= 0.3 is 30.5 Å². The summed E-state index contributed by atoms with van der Waals surface area (Å²) < 4.78 is 99.8. The number of nitrogens with one attached hydrogen (secondary N) is 1. The fourth-order valence-corrected chi connectivity index (χ4v) is 5.99. The van der Waals surface area contributed by atoms with Gasteiger partial charge in [-0.25, -0.2) is 18.8 Å². The standard InChI is InChI=1S/C30H34F7N5O4/c1-28(46-25(38)43)10-8-21(9-11-28)39-26(44)42-15-23(17-4-6-20(31)7-5-17)24(16-42)41(3)27(45)40(2)22-13-18(29(32,33)34)12-19(14-22)30(35,36)37/h4-7,12-14,21,23-24H,8-11,15-16H2,1-3H3,(H2,38,43)(H,39,44)/t21?,23-,24+,28?/m0/s1. The van der Waals surface area contributed by atoms with Crippen LogP contribution in [0.1, 0.15) is 55.2 Å². The minimum Gasteiger partial charge on any atom is -0.443 e. The van der Waals surface area contributed by atoms with Gasteiger partial charge in [0, 0.05) is 44.8 Å². The predicted molar refractivity (Wildman–Crippen MR) is 152 cm³/mol. The van der Waals surface area contributed by atoms with Crippen LogP contribution in [-0.2, 0) is 17.1 Å². The molecule has 0 radical (unpaired) electrons. The molecule has 2 fully saturated rings. The molecule has 16 heteroatoms. The van der Waals surface area contributed by atoms with Gasteiger partial charge < -0.3 is 25.6 Å². The van der Waals surface area contributed by atoms with Crippen molar-refractivity contribution < 1.29 is 49.9 Å². The summed E-state index contributed by atoms with van der Waals surface area (Å²) >= 11 is 0. The van der Waals surface area contributed by atoms with Gasteiger partial charge in [0.2, 0.25) is 0 Å². The zero-order valence-electron chi connectivity index (χ0n) is 25.2. The lowest BCUT2D eigenvalue weighted by Gasteiger charge is -2.37. The van der Waals surface area contributed by atoms with Gasteiger partial charge in [-0.1, -0.05) is 12.1 Å². The lowest BCUT2D eigenvalue weighted by Crippen LogP contribution is -2.50. The summed E-state index contributed by atoms with van der Waals surface area (Å²) in [5, 5.41) is 2.94. The Labute approximate surface area is 260 Å². The summed E-state index contributed by atoms with van der Waals surface area (Å²) in [4.78, 5) is 41.4. The van der Waals surface area contributed by atoms with E-state index in [0.717, 1.165) is 11.9 Å². The molecule has 5 amide bonds. The first-order valence-electron chi connectivity index (χ1n) is 14.4. The van der Waals surface area contributed by atoms with E-state index in [-0.39, 0.29) is 25.2 Å². The number of urea groups is 2. The van der Waals surface area contributed by atoms with Gasteiger partial charge in [-0.2, -0.15) is 26.3 Å². The fourth-order valence-electron chi connectivity index (χ4n) is 5.99. The smallest absolute Gasteiger partial charge is 0.416 e. The molecule has 1 aliphatic heterocycles. The van der Waals surface area contributed by atoms with Gasteiger partial charge in [0.05, 0.1) is 17.2 Å². The van der Waals surface area contributed by atoms with E-state index in [0.29, 0.717) is 48.3 Å². The number of rotatable bonds is 5. The number of alkyl halides is 6. The van der Waals surface area contributed by atoms with E-state index in [1.54, 1.807) is 6.92 Å². The molecule has 46 heavy (non-hydrogen) atoms. The van der Waals surface area contributed by atoms with Gasteiger partial charge in [0.1, 0.15) is 11.4 Å². The number of likely N-dealkylation sites (tertiary alicyclic amines) is 1. The highest BCUT2D eigenvalue weighted by Crippen LogP contribution is 2.39. The number of primary amides is 1. The van der Waals surface area contributed by atoms with E-state index in [4.69, 9.17) is 10.5 Å². The van der Waals surface area contributed by atoms with Crippen LogP contribution in [0, 0.1) is 5.82 Å². The fraction of sp³-hybridized carbons (Fsp3) is 0.500. The van der Waals surface area contributed by atoms with Crippen molar-refractivity contribution in [2.45, 2.75) is 68.6 Å². The molecule has 1 saturated carbocycles. The number of anilines is 1. The number of likely N-dealkylation sites (N-methyl/N-ethyl adjacent to an activating group) is 1. The van der Waals surface area contributed by atoms with Crippen LogP contribution in [0.3, 0.4) is 0 Å². The van der Waals surface area contributed by atoms with E-state index in [2.05, 4.69) is 5.32 Å². The minimum atomic E-state index is -5.11. The first-order valence-corrected chi connectivity index (χ1v) is 14.4. The number of hydrogen-bond donors (Lipinski definition) is 2. The van der Waals surface area contributed by atoms with Crippen molar-refractivity contribution >= 4 is 23.8 Å². The molecular weight excluding hydrogens is 627 g/mol. The molecule has 9 nitrogen and oxygen atoms in total. The highest BCUT2D eigenvalue weighted by molar-refractivity contribution is 5.92. The topological polar surface area (TPSA) is 108 Å². The second-order valence-corrected chi connectivity index (χ2v) is 11.9. The van der Waals surface area contributed by atoms with Gasteiger partial charge in [0.25, 0.3) is 0 Å². The normalized spacial score (nSPS) is 23.5. The van der Waals surface area contributed by atoms with Crippen LogP contribution >= 0.6 is 0 Å². The van der Waals surface area contributed by atoms with Gasteiger partial charge in [-0.15, -0.1) is 0 Å². The number of nitrogens with two attached hydrogens (primary N) is 1. The van der Waals surface area contributed by atoms with Gasteiger partial charge in [-0.3, -0.25) is 4.90 Å². The predicted octanol–water partition coefficient (Wildman–Crippen LogP) is 6.33. The largest absolute Gasteiger partial charge is 0.443 e. The molecule has 3 N–H and O–H groups in total. The van der Waals surface area contributed by atoms with Crippen LogP contribution < -0.4 is 16.0 Å². The molecule has 1 saturated heterocycles. The number of nitrogens with zero attached hydrogens (tertiary/aromatic N) is 3. The number of hydrogen-bond acceptors (Lipinski definition) is 4. The van der Waals surface area contributed by atoms with Crippen molar-refractivity contribution in [2.75, 3.05) is 32.1 Å². The molecule has 0 unspecified atom stereocenters. The van der Waals surface area contributed by atoms with Crippen LogP contribution in [0.2, 0.25) is 0 Å². The first kappa shape index (κ1) is 34.6. The summed E-state index contributed by atoms with van der Waals surface area (Å²) in [5.74, 6) is -1.09. The van der Waals surface area contributed by atoms with Crippen LogP contribution in [-0.4, -0.2) is 72.8 Å². The Hall–Kier alpha value is -4.24. The second-order valence-electron chi connectivity index (χ2n) is 11.9. The van der Waals surface area contributed by atoms with Crippen molar-refractivity contribution in [3.05, 3.63) is 65.0 Å². The third-order valence-corrected chi connectivity index (χ3v) is 8.64. The van der Waals surface area contributed by atoms with E-state index < -0.39 is 70.7 Å². The Balaban J connectivity index is 1.55. The number of carbonyl (C=O) groups is 3. The van der Waals surface area contributed by atoms with Crippen molar-refractivity contribution in [3.63, 3.8) is 0 Å². The van der Waals surface area contributed by atoms with E-state index in [1.165, 1.54) is 36.2 Å². The molecule has 2 atom stereocenters. The highest BCUT2D eigenvalue weighted by Gasteiger charge is 2.43. The molecule has 2 aromatic carbocycles. The van der Waals surface area contributed by atoms with Crippen molar-refractivity contribution in [3.8, 4) is 0 Å². The molecule has 4 rings (SSSR count). The third kappa shape index (κ3) is 7.94. The summed E-state index contributed by atoms with van der Waals surface area (Å²) in [7, 11) is 2.39. The Morgan fingerprint density at radius 3 is 1.98 bits per heavy atom. The van der Waals surface area contributed by atoms with Crippen LogP contribution in [0.5, 0.6) is 0 Å². The molecule has 2 aromatic rings. The number of benzene rings is 2. The van der Waals surface area contributed by atoms with Crippen LogP contribution in [0.4, 0.5) is 50.8 Å². The molecule has 252 valence electrons. The summed E-state index contributed by atoms with van der Waals surface area (Å²) in [6, 6.07) is 3.85. The Kier molecular flexibility index (Phi) is 9.69. The lowest BCUT2D eigenvalue weighted by atomic mass is 9.83. The van der Waals surface area contributed by atoms with Crippen LogP contribution in [0.25, 0.3) is 0 Å². The summed E-state index contributed by atoms with van der Waals surface area (Å²) in [5.41, 5.74) is 1.19. The quantitative estimate of drug-likeness (QED) is 0.366. The lowest BCUT2D eigenvalue weighted by molar-refractivity contribution is -0.143. The average molecular weight is 662 g/mol. The molecule has 2 aliphatic rings. The Morgan fingerprint density at radius 1 is 0.935 bits per heavy atom. The maximum Gasteiger partial charge on any atom is 0.416 e. The average Bonchev–Trinajstić information content (AvgIpc) is 3.42. The van der Waals surface area contributed by atoms with Crippen molar-refractivity contribution in [1.29, 1.82) is 0 Å². The molecule has 1 heterocycles. The molecule has 1 aliphatic carbocycles. The summed E-state index contributed by atoms with van der Waals surface area (Å²) in [6.45, 7) is 1.80. The zero-order chi connectivity index (χ0) is 34.2. The second kappa shape index (κ2) is 12.9. The molecular formula is C30H34F7N5O4. The Bertz CT molecular complexity index is 1410. The van der Waals surface area contributed by atoms with Gasteiger partial charge in [0.15, 0.2) is 0 Å².